The molecule has 1 aromatic carbocycles. The van der Waals surface area contributed by atoms with Crippen LogP contribution >= 0.6 is 0 Å². The van der Waals surface area contributed by atoms with E-state index < -0.39 is 5.41 Å². The molecule has 0 saturated carbocycles. The Hall–Kier alpha value is -2.56. The quantitative estimate of drug-likeness (QED) is 0.690. The number of rotatable bonds is 7. The Morgan fingerprint density at radius 1 is 1.22 bits per heavy atom. The zero-order valence-corrected chi connectivity index (χ0v) is 15.9. The number of hydrogen-bond acceptors (Lipinski definition) is 4. The largest absolute Gasteiger partial charge is 0.472 e. The first-order valence-corrected chi connectivity index (χ1v) is 9.67. The van der Waals surface area contributed by atoms with Gasteiger partial charge < -0.3 is 14.1 Å². The van der Waals surface area contributed by atoms with E-state index in [2.05, 4.69) is 12.1 Å². The lowest BCUT2D eigenvalue weighted by Crippen LogP contribution is -2.50. The fourth-order valence-electron chi connectivity index (χ4n) is 3.91. The van der Waals surface area contributed by atoms with E-state index in [0.29, 0.717) is 25.3 Å². The number of carbonyl (C=O) groups excluding carboxylic acids is 2. The monoisotopic (exact) mass is 369 g/mol. The van der Waals surface area contributed by atoms with Crippen molar-refractivity contribution in [3.8, 4) is 0 Å². The minimum Gasteiger partial charge on any atom is -0.472 e. The highest BCUT2D eigenvalue weighted by atomic mass is 16.5. The zero-order valence-electron chi connectivity index (χ0n) is 15.9. The maximum atomic E-state index is 12.8. The van der Waals surface area contributed by atoms with E-state index in [-0.39, 0.29) is 11.9 Å². The first kappa shape index (κ1) is 19.2. The highest BCUT2D eigenvalue weighted by Gasteiger charge is 2.44. The molecule has 2 aromatic rings. The second kappa shape index (κ2) is 8.89. The number of piperidine rings is 1. The zero-order chi connectivity index (χ0) is 19.1. The van der Waals surface area contributed by atoms with Crippen molar-refractivity contribution in [2.24, 2.45) is 5.41 Å². The lowest BCUT2D eigenvalue weighted by molar-refractivity contribution is -0.159. The van der Waals surface area contributed by atoms with Gasteiger partial charge in [0.25, 0.3) is 5.91 Å². The van der Waals surface area contributed by atoms with Gasteiger partial charge in [-0.1, -0.05) is 30.3 Å². The molecule has 5 heteroatoms. The number of aryl methyl sites for hydroxylation is 1. The van der Waals surface area contributed by atoms with E-state index >= 15 is 0 Å². The lowest BCUT2D eigenvalue weighted by Gasteiger charge is -2.41. The minimum absolute atomic E-state index is 0.0832. The summed E-state index contributed by atoms with van der Waals surface area (Å²) < 4.78 is 10.5. The first-order chi connectivity index (χ1) is 13.1. The smallest absolute Gasteiger partial charge is 0.313 e. The predicted octanol–water partition coefficient (Wildman–Crippen LogP) is 4.09. The molecule has 1 aliphatic heterocycles. The maximum absolute atomic E-state index is 12.8. The van der Waals surface area contributed by atoms with E-state index in [1.807, 2.05) is 25.1 Å². The highest BCUT2D eigenvalue weighted by molar-refractivity contribution is 5.94. The summed E-state index contributed by atoms with van der Waals surface area (Å²) in [5.74, 6) is -0.261. The average molecular weight is 369 g/mol. The number of furan rings is 1. The standard InChI is InChI=1S/C22H27NO4/c1-2-27-21(25)22(12-6-10-18-8-4-3-5-9-18)13-7-14-23(17-22)20(24)19-11-15-26-16-19/h3-5,8-9,11,15-16H,2,6-7,10,12-14,17H2,1H3/t22-/m0/s1. The minimum atomic E-state index is -0.623. The molecule has 0 aliphatic carbocycles. The summed E-state index contributed by atoms with van der Waals surface area (Å²) in [4.78, 5) is 27.3. The van der Waals surface area contributed by atoms with Crippen LogP contribution in [-0.4, -0.2) is 36.5 Å². The third-order valence-electron chi connectivity index (χ3n) is 5.30. The Morgan fingerprint density at radius 3 is 2.74 bits per heavy atom. The van der Waals surface area contributed by atoms with E-state index in [1.165, 1.54) is 18.1 Å². The molecule has 1 aromatic heterocycles. The number of ether oxygens (including phenoxy) is 1. The molecule has 1 aliphatic rings. The van der Waals surface area contributed by atoms with Crippen molar-refractivity contribution in [2.45, 2.75) is 39.0 Å². The number of carbonyl (C=O) groups is 2. The SMILES string of the molecule is CCOC(=O)[C@@]1(CCCc2ccccc2)CCCN(C(=O)c2ccoc2)C1. The first-order valence-electron chi connectivity index (χ1n) is 9.67. The van der Waals surface area contributed by atoms with Crippen LogP contribution in [0, 0.1) is 5.41 Å². The Balaban J connectivity index is 1.71. The van der Waals surface area contributed by atoms with Crippen LogP contribution in [0.2, 0.25) is 0 Å². The topological polar surface area (TPSA) is 59.8 Å². The van der Waals surface area contributed by atoms with E-state index in [9.17, 15) is 9.59 Å². The van der Waals surface area contributed by atoms with Crippen LogP contribution in [0.3, 0.4) is 0 Å². The van der Waals surface area contributed by atoms with Crippen molar-refractivity contribution in [3.63, 3.8) is 0 Å². The molecule has 27 heavy (non-hydrogen) atoms. The van der Waals surface area contributed by atoms with Crippen LogP contribution in [0.25, 0.3) is 0 Å². The molecule has 1 amide bonds. The number of amides is 1. The van der Waals surface area contributed by atoms with Crippen molar-refractivity contribution >= 4 is 11.9 Å². The normalized spacial score (nSPS) is 19.7. The molecule has 2 heterocycles. The molecule has 144 valence electrons. The van der Waals surface area contributed by atoms with Gasteiger partial charge >= 0.3 is 5.97 Å². The predicted molar refractivity (Wildman–Crippen MR) is 102 cm³/mol. The summed E-state index contributed by atoms with van der Waals surface area (Å²) in [6, 6.07) is 11.9. The van der Waals surface area contributed by atoms with Crippen molar-refractivity contribution in [1.82, 2.24) is 4.90 Å². The van der Waals surface area contributed by atoms with Gasteiger partial charge in [0.2, 0.25) is 0 Å². The van der Waals surface area contributed by atoms with Gasteiger partial charge in [-0.2, -0.15) is 0 Å². The van der Waals surface area contributed by atoms with Crippen LogP contribution < -0.4 is 0 Å². The lowest BCUT2D eigenvalue weighted by atomic mass is 9.75. The van der Waals surface area contributed by atoms with Gasteiger partial charge in [0.1, 0.15) is 6.26 Å². The van der Waals surface area contributed by atoms with Gasteiger partial charge in [-0.25, -0.2) is 0 Å². The van der Waals surface area contributed by atoms with Crippen LogP contribution in [0.15, 0.2) is 53.3 Å². The Morgan fingerprint density at radius 2 is 2.04 bits per heavy atom. The van der Waals surface area contributed by atoms with Gasteiger partial charge in [0.15, 0.2) is 0 Å². The van der Waals surface area contributed by atoms with E-state index in [0.717, 1.165) is 32.1 Å². The second-order valence-corrected chi connectivity index (χ2v) is 7.18. The van der Waals surface area contributed by atoms with Gasteiger partial charge in [-0.05, 0) is 50.7 Å². The number of hydrogen-bond donors (Lipinski definition) is 0. The Bertz CT molecular complexity index is 741. The van der Waals surface area contributed by atoms with Gasteiger partial charge in [-0.15, -0.1) is 0 Å². The fourth-order valence-corrected chi connectivity index (χ4v) is 3.91. The van der Waals surface area contributed by atoms with Crippen molar-refractivity contribution < 1.29 is 18.7 Å². The van der Waals surface area contributed by atoms with Crippen LogP contribution in [0.5, 0.6) is 0 Å². The van der Waals surface area contributed by atoms with Crippen LogP contribution in [-0.2, 0) is 16.0 Å². The average Bonchev–Trinajstić information content (AvgIpc) is 3.23. The Labute approximate surface area is 160 Å². The third kappa shape index (κ3) is 4.59. The fraction of sp³-hybridized carbons (Fsp3) is 0.455. The van der Waals surface area contributed by atoms with Gasteiger partial charge in [0.05, 0.1) is 23.8 Å². The molecule has 0 N–H and O–H groups in total. The van der Waals surface area contributed by atoms with E-state index in [1.54, 1.807) is 11.0 Å². The Kier molecular flexibility index (Phi) is 6.32. The highest BCUT2D eigenvalue weighted by Crippen LogP contribution is 2.37. The molecule has 1 atom stereocenters. The summed E-state index contributed by atoms with van der Waals surface area (Å²) in [6.45, 7) is 3.25. The summed E-state index contributed by atoms with van der Waals surface area (Å²) in [6.07, 6.45) is 7.03. The van der Waals surface area contributed by atoms with E-state index in [4.69, 9.17) is 9.15 Å². The van der Waals surface area contributed by atoms with Crippen LogP contribution in [0.1, 0.15) is 48.5 Å². The maximum Gasteiger partial charge on any atom is 0.313 e. The summed E-state index contributed by atoms with van der Waals surface area (Å²) in [5, 5.41) is 0. The van der Waals surface area contributed by atoms with Crippen LogP contribution in [0.4, 0.5) is 0 Å². The molecular weight excluding hydrogens is 342 g/mol. The molecule has 5 nitrogen and oxygen atoms in total. The molecular formula is C22H27NO4. The third-order valence-corrected chi connectivity index (χ3v) is 5.30. The number of esters is 1. The molecule has 3 rings (SSSR count). The number of nitrogens with zero attached hydrogens (tertiary/aromatic N) is 1. The van der Waals surface area contributed by atoms with Crippen molar-refractivity contribution in [3.05, 3.63) is 60.1 Å². The molecule has 0 bridgehead atoms. The molecule has 0 radical (unpaired) electrons. The summed E-state index contributed by atoms with van der Waals surface area (Å²) >= 11 is 0. The summed E-state index contributed by atoms with van der Waals surface area (Å²) in [5.41, 5.74) is 1.17. The molecule has 0 spiro atoms. The molecule has 1 saturated heterocycles. The second-order valence-electron chi connectivity index (χ2n) is 7.18. The van der Waals surface area contributed by atoms with Crippen molar-refractivity contribution in [1.29, 1.82) is 0 Å². The number of benzene rings is 1. The van der Waals surface area contributed by atoms with Gasteiger partial charge in [-0.3, -0.25) is 9.59 Å². The summed E-state index contributed by atoms with van der Waals surface area (Å²) in [7, 11) is 0. The number of likely N-dealkylation sites (tertiary alicyclic amines) is 1. The molecule has 0 unspecified atom stereocenters. The molecule has 1 fully saturated rings. The van der Waals surface area contributed by atoms with Gasteiger partial charge in [0, 0.05) is 13.1 Å². The van der Waals surface area contributed by atoms with Crippen molar-refractivity contribution in [2.75, 3.05) is 19.7 Å².